The molecule has 0 aliphatic carbocycles. The zero-order valence-corrected chi connectivity index (χ0v) is 16.9. The maximum atomic E-state index is 13.6. The molecule has 5 nitrogen and oxygen atoms in total. The number of rotatable bonds is 5. The summed E-state index contributed by atoms with van der Waals surface area (Å²) in [7, 11) is 1.49. The summed E-state index contributed by atoms with van der Waals surface area (Å²) in [5.74, 6) is -0.273. The lowest BCUT2D eigenvalue weighted by atomic mass is 10.1. The maximum absolute atomic E-state index is 13.6. The Balaban J connectivity index is 1.81. The van der Waals surface area contributed by atoms with Crippen LogP contribution in [-0.2, 0) is 6.54 Å². The highest BCUT2D eigenvalue weighted by Crippen LogP contribution is 2.33. The van der Waals surface area contributed by atoms with Gasteiger partial charge in [0.1, 0.15) is 11.6 Å². The Morgan fingerprint density at radius 1 is 1.24 bits per heavy atom. The van der Waals surface area contributed by atoms with E-state index in [1.165, 1.54) is 35.5 Å². The van der Waals surface area contributed by atoms with Crippen LogP contribution < -0.4 is 9.64 Å². The molecule has 2 aromatic carbocycles. The van der Waals surface area contributed by atoms with Gasteiger partial charge in [0, 0.05) is 17.4 Å². The lowest BCUT2D eigenvalue weighted by Gasteiger charge is -2.21. The molecular weight excluding hydrogens is 413 g/mol. The number of anilines is 1. The lowest BCUT2D eigenvalue weighted by Crippen LogP contribution is -2.30. The van der Waals surface area contributed by atoms with E-state index in [1.807, 2.05) is 6.07 Å². The number of nitrogens with zero attached hydrogens (tertiary/aromatic N) is 3. The minimum absolute atomic E-state index is 0.241. The second kappa shape index (κ2) is 8.14. The molecule has 0 bridgehead atoms. The fourth-order valence-corrected chi connectivity index (χ4v) is 4.06. The number of ether oxygens (including phenoxy) is 1. The van der Waals surface area contributed by atoms with Gasteiger partial charge in [-0.3, -0.25) is 14.7 Å². The zero-order chi connectivity index (χ0) is 20.4. The van der Waals surface area contributed by atoms with Crippen molar-refractivity contribution < 1.29 is 13.9 Å². The molecule has 0 spiro atoms. The first kappa shape index (κ1) is 19.3. The molecule has 0 fully saturated rings. The Morgan fingerprint density at radius 3 is 2.86 bits per heavy atom. The summed E-state index contributed by atoms with van der Waals surface area (Å²) < 4.78 is 19.6. The summed E-state index contributed by atoms with van der Waals surface area (Å²) in [5.41, 5.74) is 1.76. The molecule has 0 aliphatic heterocycles. The number of methoxy groups -OCH3 is 1. The minimum atomic E-state index is -0.352. The fourth-order valence-electron chi connectivity index (χ4n) is 2.90. The Labute approximate surface area is 175 Å². The quantitative estimate of drug-likeness (QED) is 0.431. The molecule has 2 aromatic heterocycles. The van der Waals surface area contributed by atoms with Crippen LogP contribution >= 0.6 is 22.9 Å². The second-order valence-corrected chi connectivity index (χ2v) is 7.65. The van der Waals surface area contributed by atoms with Crippen molar-refractivity contribution in [1.29, 1.82) is 0 Å². The van der Waals surface area contributed by atoms with Crippen LogP contribution in [0.5, 0.6) is 5.75 Å². The summed E-state index contributed by atoms with van der Waals surface area (Å²) in [6.45, 7) is 0.241. The lowest BCUT2D eigenvalue weighted by molar-refractivity contribution is 0.0982. The van der Waals surface area contributed by atoms with Crippen molar-refractivity contribution in [2.75, 3.05) is 12.0 Å². The van der Waals surface area contributed by atoms with Crippen LogP contribution in [0.2, 0.25) is 5.02 Å². The molecule has 1 amide bonds. The zero-order valence-electron chi connectivity index (χ0n) is 15.3. The minimum Gasteiger partial charge on any atom is -0.496 e. The molecule has 0 unspecified atom stereocenters. The van der Waals surface area contributed by atoms with Crippen LogP contribution in [0.3, 0.4) is 0 Å². The topological polar surface area (TPSA) is 55.3 Å². The van der Waals surface area contributed by atoms with E-state index < -0.39 is 0 Å². The number of thiazole rings is 1. The largest absolute Gasteiger partial charge is 0.496 e. The van der Waals surface area contributed by atoms with Crippen LogP contribution in [0.1, 0.15) is 15.9 Å². The van der Waals surface area contributed by atoms with Gasteiger partial charge in [-0.1, -0.05) is 29.0 Å². The molecule has 2 heterocycles. The summed E-state index contributed by atoms with van der Waals surface area (Å²) in [5, 5.41) is 0.864. The van der Waals surface area contributed by atoms with Crippen LogP contribution in [-0.4, -0.2) is 23.0 Å². The number of fused-ring (bicyclic) bond motifs is 1. The predicted molar refractivity (Wildman–Crippen MR) is 112 cm³/mol. The molecule has 0 saturated heterocycles. The van der Waals surface area contributed by atoms with Gasteiger partial charge in [0.25, 0.3) is 5.91 Å². The molecule has 0 radical (unpaired) electrons. The van der Waals surface area contributed by atoms with Crippen molar-refractivity contribution in [3.63, 3.8) is 0 Å². The van der Waals surface area contributed by atoms with Crippen molar-refractivity contribution in [2.45, 2.75) is 6.54 Å². The third kappa shape index (κ3) is 4.06. The molecule has 0 aliphatic rings. The van der Waals surface area contributed by atoms with Crippen molar-refractivity contribution in [2.24, 2.45) is 0 Å². The van der Waals surface area contributed by atoms with Crippen LogP contribution in [0.15, 0.2) is 60.9 Å². The van der Waals surface area contributed by atoms with Crippen molar-refractivity contribution in [3.05, 3.63) is 82.9 Å². The van der Waals surface area contributed by atoms with E-state index in [-0.39, 0.29) is 18.3 Å². The van der Waals surface area contributed by atoms with E-state index in [4.69, 9.17) is 16.3 Å². The number of hydrogen-bond donors (Lipinski definition) is 0. The van der Waals surface area contributed by atoms with Gasteiger partial charge < -0.3 is 4.74 Å². The molecule has 146 valence electrons. The smallest absolute Gasteiger partial charge is 0.264 e. The first-order valence-electron chi connectivity index (χ1n) is 8.65. The third-order valence-corrected chi connectivity index (χ3v) is 5.55. The van der Waals surface area contributed by atoms with Crippen LogP contribution in [0, 0.1) is 5.82 Å². The normalized spacial score (nSPS) is 10.9. The van der Waals surface area contributed by atoms with E-state index in [0.717, 1.165) is 5.56 Å². The van der Waals surface area contributed by atoms with Crippen molar-refractivity contribution in [1.82, 2.24) is 9.97 Å². The number of carbonyl (C=O) groups excluding carboxylic acids is 1. The van der Waals surface area contributed by atoms with E-state index in [1.54, 1.807) is 42.7 Å². The number of aromatic nitrogens is 2. The first-order valence-corrected chi connectivity index (χ1v) is 9.85. The Morgan fingerprint density at radius 2 is 2.10 bits per heavy atom. The monoisotopic (exact) mass is 427 g/mol. The van der Waals surface area contributed by atoms with Gasteiger partial charge >= 0.3 is 0 Å². The molecule has 4 rings (SSSR count). The van der Waals surface area contributed by atoms with Crippen LogP contribution in [0.4, 0.5) is 9.52 Å². The standard InChI is InChI=1S/C21H15ClFN3O2S/c1-28-18-7-4-14(22)9-16(18)20(27)26(12-13-3-2-8-24-11-13)21-25-17-6-5-15(23)10-19(17)29-21/h2-11H,12H2,1H3. The molecule has 29 heavy (non-hydrogen) atoms. The van der Waals surface area contributed by atoms with Gasteiger partial charge in [-0.05, 0) is 48.0 Å². The second-order valence-electron chi connectivity index (χ2n) is 6.21. The van der Waals surface area contributed by atoms with E-state index >= 15 is 0 Å². The van der Waals surface area contributed by atoms with Gasteiger partial charge in [-0.15, -0.1) is 0 Å². The summed E-state index contributed by atoms with van der Waals surface area (Å²) in [4.78, 5) is 23.7. The van der Waals surface area contributed by atoms with Gasteiger partial charge in [-0.25, -0.2) is 9.37 Å². The van der Waals surface area contributed by atoms with E-state index in [9.17, 15) is 9.18 Å². The molecule has 4 aromatic rings. The van der Waals surface area contributed by atoms with Crippen molar-refractivity contribution in [3.8, 4) is 5.75 Å². The molecular formula is C21H15ClFN3O2S. The first-order chi connectivity index (χ1) is 14.0. The number of halogens is 2. The average molecular weight is 428 g/mol. The SMILES string of the molecule is COc1ccc(Cl)cc1C(=O)N(Cc1cccnc1)c1nc2ccc(F)cc2s1. The predicted octanol–water partition coefficient (Wildman–Crippen LogP) is 5.34. The number of amides is 1. The van der Waals surface area contributed by atoms with Gasteiger partial charge in [-0.2, -0.15) is 0 Å². The number of hydrogen-bond acceptors (Lipinski definition) is 5. The molecule has 0 N–H and O–H groups in total. The van der Waals surface area contributed by atoms with Crippen molar-refractivity contribution >= 4 is 44.2 Å². The summed E-state index contributed by atoms with van der Waals surface area (Å²) >= 11 is 7.36. The summed E-state index contributed by atoms with van der Waals surface area (Å²) in [6, 6.07) is 12.9. The maximum Gasteiger partial charge on any atom is 0.264 e. The number of carbonyl (C=O) groups is 1. The highest BCUT2D eigenvalue weighted by atomic mass is 35.5. The number of pyridine rings is 1. The van der Waals surface area contributed by atoms with Crippen LogP contribution in [0.25, 0.3) is 10.2 Å². The van der Waals surface area contributed by atoms with Gasteiger partial charge in [0.05, 0.1) is 29.4 Å². The molecule has 8 heteroatoms. The summed E-state index contributed by atoms with van der Waals surface area (Å²) in [6.07, 6.45) is 3.35. The average Bonchev–Trinajstić information content (AvgIpc) is 3.15. The Bertz CT molecular complexity index is 1180. The molecule has 0 saturated carbocycles. The van der Waals surface area contributed by atoms with Gasteiger partial charge in [0.15, 0.2) is 5.13 Å². The molecule has 0 atom stereocenters. The fraction of sp³-hybridized carbons (Fsp3) is 0.0952. The number of benzene rings is 2. The Kier molecular flexibility index (Phi) is 5.42. The highest BCUT2D eigenvalue weighted by Gasteiger charge is 2.25. The van der Waals surface area contributed by atoms with E-state index in [2.05, 4.69) is 9.97 Å². The van der Waals surface area contributed by atoms with Gasteiger partial charge in [0.2, 0.25) is 0 Å². The van der Waals surface area contributed by atoms with E-state index in [0.29, 0.717) is 31.7 Å². The third-order valence-electron chi connectivity index (χ3n) is 4.27. The Hall–Kier alpha value is -3.03. The highest BCUT2D eigenvalue weighted by molar-refractivity contribution is 7.22.